The molecule has 0 atom stereocenters. The van der Waals surface area contributed by atoms with E-state index in [1.165, 1.54) is 12.1 Å². The van der Waals surface area contributed by atoms with Crippen molar-refractivity contribution in [1.82, 2.24) is 10.2 Å². The van der Waals surface area contributed by atoms with Gasteiger partial charge in [-0.15, -0.1) is 10.2 Å². The zero-order valence-electron chi connectivity index (χ0n) is 7.81. The van der Waals surface area contributed by atoms with Gasteiger partial charge in [0.25, 0.3) is 0 Å². The van der Waals surface area contributed by atoms with Gasteiger partial charge in [0.15, 0.2) is 0 Å². The van der Waals surface area contributed by atoms with Gasteiger partial charge in [-0.1, -0.05) is 18.2 Å². The van der Waals surface area contributed by atoms with Crippen LogP contribution in [0.1, 0.15) is 0 Å². The van der Waals surface area contributed by atoms with Crippen molar-refractivity contribution >= 4 is 21.8 Å². The Hall–Kier alpha value is -2.03. The van der Waals surface area contributed by atoms with E-state index in [0.717, 1.165) is 21.8 Å². The molecule has 0 saturated heterocycles. The van der Waals surface area contributed by atoms with E-state index < -0.39 is 0 Å². The van der Waals surface area contributed by atoms with E-state index in [4.69, 9.17) is 0 Å². The minimum absolute atomic E-state index is 0.249. The van der Waals surface area contributed by atoms with Crippen molar-refractivity contribution < 1.29 is 4.39 Å². The Morgan fingerprint density at radius 2 is 1.53 bits per heavy atom. The van der Waals surface area contributed by atoms with E-state index in [1.54, 1.807) is 6.07 Å². The molecule has 15 heavy (non-hydrogen) atoms. The first-order chi connectivity index (χ1) is 7.34. The second-order valence-corrected chi connectivity index (χ2v) is 3.38. The summed E-state index contributed by atoms with van der Waals surface area (Å²) in [6.45, 7) is 0. The second kappa shape index (κ2) is 2.98. The van der Waals surface area contributed by atoms with E-state index in [1.807, 2.05) is 24.3 Å². The fourth-order valence-electron chi connectivity index (χ4n) is 1.71. The van der Waals surface area contributed by atoms with Crippen LogP contribution < -0.4 is 0 Å². The molecule has 0 unspecified atom stereocenters. The van der Waals surface area contributed by atoms with E-state index >= 15 is 0 Å². The predicted octanol–water partition coefficient (Wildman–Crippen LogP) is 2.92. The molecule has 0 bridgehead atoms. The van der Waals surface area contributed by atoms with Gasteiger partial charge in [0, 0.05) is 10.8 Å². The Kier molecular flexibility index (Phi) is 1.65. The van der Waals surface area contributed by atoms with E-state index in [9.17, 15) is 4.39 Å². The highest BCUT2D eigenvalue weighted by molar-refractivity contribution is 6.03. The van der Waals surface area contributed by atoms with Crippen molar-refractivity contribution in [1.29, 1.82) is 0 Å². The number of rotatable bonds is 0. The first kappa shape index (κ1) is 8.29. The predicted molar refractivity (Wildman–Crippen MR) is 57.0 cm³/mol. The third-order valence-electron chi connectivity index (χ3n) is 2.42. The van der Waals surface area contributed by atoms with Crippen molar-refractivity contribution in [3.05, 3.63) is 48.3 Å². The second-order valence-electron chi connectivity index (χ2n) is 3.38. The number of hydrogen-bond donors (Lipinski definition) is 0. The van der Waals surface area contributed by atoms with Crippen molar-refractivity contribution in [3.63, 3.8) is 0 Å². The lowest BCUT2D eigenvalue weighted by molar-refractivity contribution is 0.629. The third-order valence-corrected chi connectivity index (χ3v) is 2.42. The lowest BCUT2D eigenvalue weighted by Crippen LogP contribution is -1.87. The van der Waals surface area contributed by atoms with Gasteiger partial charge in [0.2, 0.25) is 0 Å². The molecule has 0 aliphatic rings. The molecule has 0 amide bonds. The van der Waals surface area contributed by atoms with Crippen LogP contribution >= 0.6 is 0 Å². The first-order valence-corrected chi connectivity index (χ1v) is 4.65. The molecule has 1 heterocycles. The van der Waals surface area contributed by atoms with Gasteiger partial charge in [0.1, 0.15) is 5.82 Å². The summed E-state index contributed by atoms with van der Waals surface area (Å²) < 4.78 is 13.1. The molecule has 3 rings (SSSR count). The minimum Gasteiger partial charge on any atom is -0.207 e. The van der Waals surface area contributed by atoms with Gasteiger partial charge in [-0.3, -0.25) is 0 Å². The van der Waals surface area contributed by atoms with E-state index in [2.05, 4.69) is 10.2 Å². The van der Waals surface area contributed by atoms with E-state index in [0.29, 0.717) is 0 Å². The number of benzene rings is 2. The lowest BCUT2D eigenvalue weighted by atomic mass is 10.1. The molecule has 3 heteroatoms. The van der Waals surface area contributed by atoms with Crippen LogP contribution in [0.5, 0.6) is 0 Å². The van der Waals surface area contributed by atoms with Crippen LogP contribution in [-0.4, -0.2) is 10.2 Å². The fourth-order valence-corrected chi connectivity index (χ4v) is 1.71. The van der Waals surface area contributed by atoms with Crippen LogP contribution in [0.4, 0.5) is 4.39 Å². The molecule has 3 aromatic rings. The Morgan fingerprint density at radius 3 is 2.40 bits per heavy atom. The van der Waals surface area contributed by atoms with Crippen molar-refractivity contribution in [2.24, 2.45) is 0 Å². The molecule has 2 aromatic carbocycles. The maximum absolute atomic E-state index is 13.1. The highest BCUT2D eigenvalue weighted by Gasteiger charge is 2.02. The Bertz CT molecular complexity index is 649. The number of halogens is 1. The maximum Gasteiger partial charge on any atom is 0.123 e. The lowest BCUT2D eigenvalue weighted by Gasteiger charge is -2.01. The fraction of sp³-hybridized carbons (Fsp3) is 0. The van der Waals surface area contributed by atoms with Crippen LogP contribution in [0.2, 0.25) is 0 Å². The summed E-state index contributed by atoms with van der Waals surface area (Å²) in [5.74, 6) is -0.249. The summed E-state index contributed by atoms with van der Waals surface area (Å²) in [6.07, 6.45) is 0. The molecule has 0 spiro atoms. The number of nitrogens with zero attached hydrogens (tertiary/aromatic N) is 2. The Balaban J connectivity index is 2.57. The quantitative estimate of drug-likeness (QED) is 0.519. The maximum atomic E-state index is 13.1. The first-order valence-electron chi connectivity index (χ1n) is 4.65. The summed E-state index contributed by atoms with van der Waals surface area (Å²) in [6, 6.07) is 12.1. The Labute approximate surface area is 85.4 Å². The normalized spacial score (nSPS) is 11.0. The molecular weight excluding hydrogens is 191 g/mol. The SMILES string of the molecule is Fc1ccc2nnc3ccccc3c2c1. The molecule has 1 aromatic heterocycles. The zero-order valence-corrected chi connectivity index (χ0v) is 7.81. The van der Waals surface area contributed by atoms with Crippen molar-refractivity contribution in [3.8, 4) is 0 Å². The topological polar surface area (TPSA) is 25.8 Å². The van der Waals surface area contributed by atoms with Crippen molar-refractivity contribution in [2.45, 2.75) is 0 Å². The van der Waals surface area contributed by atoms with E-state index in [-0.39, 0.29) is 5.82 Å². The van der Waals surface area contributed by atoms with Crippen LogP contribution in [0.25, 0.3) is 21.8 Å². The van der Waals surface area contributed by atoms with Crippen LogP contribution in [0, 0.1) is 5.82 Å². The zero-order chi connectivity index (χ0) is 10.3. The van der Waals surface area contributed by atoms with Gasteiger partial charge in [-0.25, -0.2) is 4.39 Å². The minimum atomic E-state index is -0.249. The number of fused-ring (bicyclic) bond motifs is 3. The Morgan fingerprint density at radius 1 is 0.800 bits per heavy atom. The molecule has 72 valence electrons. The van der Waals surface area contributed by atoms with Crippen molar-refractivity contribution in [2.75, 3.05) is 0 Å². The summed E-state index contributed by atoms with van der Waals surface area (Å²) in [5, 5.41) is 9.84. The van der Waals surface area contributed by atoms with Gasteiger partial charge >= 0.3 is 0 Å². The molecular formula is C12H7FN2. The molecule has 0 N–H and O–H groups in total. The summed E-state index contributed by atoms with van der Waals surface area (Å²) >= 11 is 0. The summed E-state index contributed by atoms with van der Waals surface area (Å²) in [7, 11) is 0. The average Bonchev–Trinajstić information content (AvgIpc) is 2.29. The van der Waals surface area contributed by atoms with Crippen LogP contribution in [0.15, 0.2) is 42.5 Å². The van der Waals surface area contributed by atoms with Gasteiger partial charge < -0.3 is 0 Å². The highest BCUT2D eigenvalue weighted by Crippen LogP contribution is 2.21. The number of aromatic nitrogens is 2. The number of hydrogen-bond acceptors (Lipinski definition) is 2. The molecule has 0 aliphatic carbocycles. The molecule has 0 radical (unpaired) electrons. The molecule has 2 nitrogen and oxygen atoms in total. The van der Waals surface area contributed by atoms with Gasteiger partial charge in [0.05, 0.1) is 11.0 Å². The smallest absolute Gasteiger partial charge is 0.123 e. The van der Waals surface area contributed by atoms with Gasteiger partial charge in [-0.05, 0) is 24.3 Å². The average molecular weight is 198 g/mol. The summed E-state index contributed by atoms with van der Waals surface area (Å²) in [5.41, 5.74) is 1.51. The van der Waals surface area contributed by atoms with Crippen LogP contribution in [-0.2, 0) is 0 Å². The van der Waals surface area contributed by atoms with Gasteiger partial charge in [-0.2, -0.15) is 0 Å². The van der Waals surface area contributed by atoms with Crippen LogP contribution in [0.3, 0.4) is 0 Å². The highest BCUT2D eigenvalue weighted by atomic mass is 19.1. The molecule has 0 aliphatic heterocycles. The molecule has 0 fully saturated rings. The standard InChI is InChI=1S/C12H7FN2/c13-8-5-6-12-10(7-8)9-3-1-2-4-11(9)14-15-12/h1-7H. The third kappa shape index (κ3) is 1.24. The largest absolute Gasteiger partial charge is 0.207 e. The summed E-state index contributed by atoms with van der Waals surface area (Å²) in [4.78, 5) is 0. The molecule has 0 saturated carbocycles. The monoisotopic (exact) mass is 198 g/mol.